The Labute approximate surface area is 161 Å². The lowest BCUT2D eigenvalue weighted by Crippen LogP contribution is -3.11. The predicted octanol–water partition coefficient (Wildman–Crippen LogP) is 2.47. The van der Waals surface area contributed by atoms with Crippen LogP contribution in [0.2, 0.25) is 0 Å². The van der Waals surface area contributed by atoms with Crippen molar-refractivity contribution in [3.05, 3.63) is 77.0 Å². The highest BCUT2D eigenvalue weighted by Gasteiger charge is 2.15. The van der Waals surface area contributed by atoms with Crippen molar-refractivity contribution in [2.45, 2.75) is 26.8 Å². The van der Waals surface area contributed by atoms with Gasteiger partial charge in [-0.05, 0) is 43.3 Å². The summed E-state index contributed by atoms with van der Waals surface area (Å²) in [7, 11) is 0. The fourth-order valence-electron chi connectivity index (χ4n) is 3.24. The molecule has 136 valence electrons. The molecule has 4 nitrogen and oxygen atoms in total. The number of hydrogen-bond acceptors (Lipinski definition) is 2. The molecule has 1 atom stereocenters. The van der Waals surface area contributed by atoms with Crippen molar-refractivity contribution in [3.8, 4) is 0 Å². The first-order valence-corrected chi connectivity index (χ1v) is 9.48. The Morgan fingerprint density at radius 2 is 1.77 bits per heavy atom. The van der Waals surface area contributed by atoms with Gasteiger partial charge in [-0.2, -0.15) is 0 Å². The molecule has 0 radical (unpaired) electrons. The average Bonchev–Trinajstić information content (AvgIpc) is 2.65. The smallest absolute Gasteiger partial charge is 0.189 e. The van der Waals surface area contributed by atoms with Crippen LogP contribution in [0.1, 0.15) is 23.1 Å². The van der Waals surface area contributed by atoms with E-state index in [-0.39, 0.29) is 0 Å². The molecule has 0 saturated heterocycles. The van der Waals surface area contributed by atoms with Crippen LogP contribution in [0.4, 0.5) is 5.69 Å². The Bertz CT molecular complexity index is 766. The van der Waals surface area contributed by atoms with Crippen molar-refractivity contribution < 1.29 is 4.90 Å². The molecule has 0 aromatic heterocycles. The molecule has 1 aliphatic heterocycles. The monoisotopic (exact) mass is 367 g/mol. The molecule has 0 spiro atoms. The summed E-state index contributed by atoms with van der Waals surface area (Å²) >= 11 is 5.42. The Hall–Kier alpha value is -2.37. The van der Waals surface area contributed by atoms with Crippen molar-refractivity contribution >= 4 is 23.0 Å². The van der Waals surface area contributed by atoms with Gasteiger partial charge in [0.25, 0.3) is 0 Å². The molecule has 1 aliphatic rings. The average molecular weight is 368 g/mol. The van der Waals surface area contributed by atoms with E-state index >= 15 is 0 Å². The summed E-state index contributed by atoms with van der Waals surface area (Å²) in [6, 6.07) is 16.9. The van der Waals surface area contributed by atoms with Crippen LogP contribution >= 0.6 is 12.2 Å². The number of quaternary nitrogens is 1. The number of nitrogens with one attached hydrogen (secondary N) is 4. The van der Waals surface area contributed by atoms with E-state index in [2.05, 4.69) is 84.6 Å². The highest BCUT2D eigenvalue weighted by Crippen LogP contribution is 2.19. The number of aryl methyl sites for hydroxylation is 2. The van der Waals surface area contributed by atoms with Gasteiger partial charge in [-0.1, -0.05) is 48.5 Å². The van der Waals surface area contributed by atoms with E-state index in [1.54, 1.807) is 4.90 Å². The molecule has 2 aromatic carbocycles. The van der Waals surface area contributed by atoms with Gasteiger partial charge in [0.15, 0.2) is 5.11 Å². The number of benzene rings is 2. The molecule has 4 N–H and O–H groups in total. The highest BCUT2D eigenvalue weighted by molar-refractivity contribution is 7.80. The number of hydrazine groups is 1. The minimum absolute atomic E-state index is 0.586. The summed E-state index contributed by atoms with van der Waals surface area (Å²) in [5, 5.41) is 3.87. The van der Waals surface area contributed by atoms with Gasteiger partial charge in [0.05, 0.1) is 13.1 Å². The van der Waals surface area contributed by atoms with Gasteiger partial charge in [-0.3, -0.25) is 5.43 Å². The van der Waals surface area contributed by atoms with Crippen LogP contribution in [0.5, 0.6) is 0 Å². The molecule has 0 fully saturated rings. The summed E-state index contributed by atoms with van der Waals surface area (Å²) in [6.45, 7) is 7.38. The molecule has 3 rings (SSSR count). The van der Waals surface area contributed by atoms with Crippen LogP contribution < -0.4 is 21.1 Å². The second-order valence-electron chi connectivity index (χ2n) is 6.82. The first kappa shape index (κ1) is 18.4. The highest BCUT2D eigenvalue weighted by atomic mass is 32.1. The number of para-hydroxylation sites is 1. The van der Waals surface area contributed by atoms with Crippen molar-refractivity contribution in [2.24, 2.45) is 0 Å². The lowest BCUT2D eigenvalue weighted by molar-refractivity contribution is -0.909. The van der Waals surface area contributed by atoms with Crippen LogP contribution in [0.25, 0.3) is 0 Å². The molecule has 0 saturated carbocycles. The van der Waals surface area contributed by atoms with Crippen molar-refractivity contribution in [1.29, 1.82) is 0 Å². The second-order valence-corrected chi connectivity index (χ2v) is 7.23. The van der Waals surface area contributed by atoms with Crippen LogP contribution in [-0.4, -0.2) is 18.2 Å². The van der Waals surface area contributed by atoms with Gasteiger partial charge >= 0.3 is 0 Å². The van der Waals surface area contributed by atoms with Crippen LogP contribution in [0, 0.1) is 13.8 Å². The Balaban J connectivity index is 1.46. The van der Waals surface area contributed by atoms with Gasteiger partial charge in [-0.25, -0.2) is 0 Å². The second kappa shape index (κ2) is 8.83. The third-order valence-corrected chi connectivity index (χ3v) is 4.94. The van der Waals surface area contributed by atoms with E-state index in [9.17, 15) is 0 Å². The molecule has 2 aromatic rings. The van der Waals surface area contributed by atoms with E-state index in [1.807, 2.05) is 0 Å². The summed E-state index contributed by atoms with van der Waals surface area (Å²) in [6.07, 6.45) is 3.28. The fourth-order valence-corrected chi connectivity index (χ4v) is 3.39. The topological polar surface area (TPSA) is 40.5 Å². The molecule has 5 heteroatoms. The number of anilines is 1. The predicted molar refractivity (Wildman–Crippen MR) is 112 cm³/mol. The zero-order valence-electron chi connectivity index (χ0n) is 15.4. The molecular weight excluding hydrogens is 340 g/mol. The molecule has 1 heterocycles. The lowest BCUT2D eigenvalue weighted by atomic mass is 10.1. The number of thiocarbonyl (C=S) groups is 1. The minimum Gasteiger partial charge on any atom is -0.331 e. The van der Waals surface area contributed by atoms with E-state index < -0.39 is 0 Å². The van der Waals surface area contributed by atoms with E-state index in [1.165, 1.54) is 22.4 Å². The zero-order chi connectivity index (χ0) is 18.4. The van der Waals surface area contributed by atoms with E-state index in [0.717, 1.165) is 31.7 Å². The molecule has 0 amide bonds. The molecule has 0 bridgehead atoms. The Morgan fingerprint density at radius 1 is 1.04 bits per heavy atom. The number of rotatable bonds is 5. The van der Waals surface area contributed by atoms with Gasteiger partial charge in [-0.15, -0.1) is 0 Å². The van der Waals surface area contributed by atoms with Crippen molar-refractivity contribution in [3.63, 3.8) is 0 Å². The van der Waals surface area contributed by atoms with Crippen LogP contribution in [0.3, 0.4) is 0 Å². The Morgan fingerprint density at radius 3 is 2.42 bits per heavy atom. The third-order valence-electron chi connectivity index (χ3n) is 4.74. The standard InChI is InChI=1S/C21H26N4S/c1-16-7-6-8-17(2)20(16)22-21(26)24-23-19-11-13-25(14-12-19)15-18-9-4-3-5-10-18/h3-11,23H,12-15H2,1-2H3,(H2,22,24,26)/p+1. The third kappa shape index (κ3) is 5.07. The van der Waals surface area contributed by atoms with Crippen LogP contribution in [0.15, 0.2) is 60.3 Å². The van der Waals surface area contributed by atoms with Crippen LogP contribution in [-0.2, 0) is 6.54 Å². The van der Waals surface area contributed by atoms with Gasteiger partial charge in [0.1, 0.15) is 6.54 Å². The Kier molecular flexibility index (Phi) is 6.26. The van der Waals surface area contributed by atoms with Gasteiger partial charge in [0.2, 0.25) is 0 Å². The largest absolute Gasteiger partial charge is 0.331 e. The summed E-state index contributed by atoms with van der Waals surface area (Å²) in [5.74, 6) is 0. The first-order chi connectivity index (χ1) is 12.6. The SMILES string of the molecule is Cc1cccc(C)c1NC(=S)NNC1=CC[NH+](Cc2ccccc2)CC1. The maximum absolute atomic E-state index is 5.42. The van der Waals surface area contributed by atoms with Crippen molar-refractivity contribution in [2.75, 3.05) is 18.4 Å². The minimum atomic E-state index is 0.586. The molecule has 1 unspecified atom stereocenters. The zero-order valence-corrected chi connectivity index (χ0v) is 16.2. The molecule has 0 aliphatic carbocycles. The summed E-state index contributed by atoms with van der Waals surface area (Å²) in [4.78, 5) is 1.58. The van der Waals surface area contributed by atoms with Gasteiger partial charge < -0.3 is 15.6 Å². The lowest BCUT2D eigenvalue weighted by Gasteiger charge is -2.25. The van der Waals surface area contributed by atoms with Crippen molar-refractivity contribution in [1.82, 2.24) is 10.9 Å². The maximum atomic E-state index is 5.42. The summed E-state index contributed by atoms with van der Waals surface area (Å²) in [5.41, 5.74) is 12.4. The fraction of sp³-hybridized carbons (Fsp3) is 0.286. The number of hydrogen-bond donors (Lipinski definition) is 4. The maximum Gasteiger partial charge on any atom is 0.189 e. The van der Waals surface area contributed by atoms with Gasteiger partial charge in [0, 0.05) is 23.4 Å². The first-order valence-electron chi connectivity index (χ1n) is 9.07. The quantitative estimate of drug-likeness (QED) is 0.484. The molecular formula is C21H27N4S+. The summed E-state index contributed by atoms with van der Waals surface area (Å²) < 4.78 is 0. The molecule has 26 heavy (non-hydrogen) atoms. The van der Waals surface area contributed by atoms with E-state index in [0.29, 0.717) is 5.11 Å². The van der Waals surface area contributed by atoms with E-state index in [4.69, 9.17) is 12.2 Å². The normalized spacial score (nSPS) is 16.5.